The van der Waals surface area contributed by atoms with Gasteiger partial charge in [0.15, 0.2) is 0 Å². The molecule has 1 atom stereocenters. The normalized spacial score (nSPS) is 12.6. The average Bonchev–Trinajstić information content (AvgIpc) is 2.62. The number of aliphatic hydroxyl groups is 2. The van der Waals surface area contributed by atoms with Gasteiger partial charge in [0.2, 0.25) is 0 Å². The van der Waals surface area contributed by atoms with E-state index >= 15 is 0 Å². The molecule has 0 amide bonds. The van der Waals surface area contributed by atoms with E-state index in [1.165, 1.54) is 25.7 Å². The molecule has 0 saturated carbocycles. The van der Waals surface area contributed by atoms with Crippen LogP contribution in [-0.4, -0.2) is 35.5 Å². The molecule has 0 aromatic heterocycles. The van der Waals surface area contributed by atoms with Crippen LogP contribution in [0, 0.1) is 11.8 Å². The summed E-state index contributed by atoms with van der Waals surface area (Å²) in [6.07, 6.45) is 18.6. The van der Waals surface area contributed by atoms with E-state index in [1.807, 2.05) is 12.2 Å². The maximum atomic E-state index is 11.3. The van der Waals surface area contributed by atoms with Gasteiger partial charge in [0.25, 0.3) is 0 Å². The van der Waals surface area contributed by atoms with Gasteiger partial charge >= 0.3 is 5.97 Å². The molecule has 0 rings (SSSR count). The smallest absolute Gasteiger partial charge is 0.305 e. The van der Waals surface area contributed by atoms with Crippen LogP contribution >= 0.6 is 0 Å². The third kappa shape index (κ3) is 18.4. The molecule has 0 aliphatic carbocycles. The van der Waals surface area contributed by atoms with Gasteiger partial charge in [0.1, 0.15) is 12.7 Å². The number of esters is 1. The standard InChI is InChI=1S/C21H32O4/c1-2-3-4-5-6-7-8-9-10-11-12-13-14-15-16-17-21(24)25-19-20(23)18-22/h6-7,9-12,20,22-23H,2-5,8,15-19H2,1H3/b7-6-,10-9-,12-11-. The zero-order chi connectivity index (χ0) is 18.6. The molecular weight excluding hydrogens is 316 g/mol. The highest BCUT2D eigenvalue weighted by atomic mass is 16.5. The van der Waals surface area contributed by atoms with Crippen molar-refractivity contribution in [2.75, 3.05) is 13.2 Å². The number of carbonyl (C=O) groups is 1. The SMILES string of the molecule is CCCCC/C=C\C/C=C\C=C/C#CCCCC(=O)OCC(O)CO. The van der Waals surface area contributed by atoms with Crippen molar-refractivity contribution in [2.24, 2.45) is 0 Å². The Labute approximate surface area is 152 Å². The second-order valence-electron chi connectivity index (χ2n) is 5.68. The van der Waals surface area contributed by atoms with Crippen LogP contribution in [0.1, 0.15) is 58.3 Å². The van der Waals surface area contributed by atoms with Crippen LogP contribution in [-0.2, 0) is 9.53 Å². The van der Waals surface area contributed by atoms with E-state index in [0.717, 1.165) is 6.42 Å². The number of allylic oxidation sites excluding steroid dienone is 6. The van der Waals surface area contributed by atoms with Gasteiger partial charge < -0.3 is 14.9 Å². The lowest BCUT2D eigenvalue weighted by Gasteiger charge is -2.07. The quantitative estimate of drug-likeness (QED) is 0.175. The molecule has 25 heavy (non-hydrogen) atoms. The van der Waals surface area contributed by atoms with Gasteiger partial charge in [-0.2, -0.15) is 0 Å². The Bertz CT molecular complexity index is 466. The van der Waals surface area contributed by atoms with Gasteiger partial charge in [-0.1, -0.05) is 62.0 Å². The van der Waals surface area contributed by atoms with E-state index in [2.05, 4.69) is 37.0 Å². The van der Waals surface area contributed by atoms with Crippen molar-refractivity contribution in [1.29, 1.82) is 0 Å². The fraction of sp³-hybridized carbons (Fsp3) is 0.571. The predicted octanol–water partition coefficient (Wildman–Crippen LogP) is 3.70. The first kappa shape index (κ1) is 23.2. The summed E-state index contributed by atoms with van der Waals surface area (Å²) in [5, 5.41) is 17.6. The number of unbranched alkanes of at least 4 members (excludes halogenated alkanes) is 4. The Balaban J connectivity index is 3.61. The second kappa shape index (κ2) is 18.5. The molecule has 2 N–H and O–H groups in total. The third-order valence-electron chi connectivity index (χ3n) is 3.27. The molecule has 0 bridgehead atoms. The van der Waals surface area contributed by atoms with Gasteiger partial charge in [-0.15, -0.1) is 0 Å². The molecular formula is C21H32O4. The zero-order valence-electron chi connectivity index (χ0n) is 15.3. The summed E-state index contributed by atoms with van der Waals surface area (Å²) in [6.45, 7) is 1.64. The Morgan fingerprint density at radius 1 is 1.16 bits per heavy atom. The molecule has 0 heterocycles. The highest BCUT2D eigenvalue weighted by Gasteiger charge is 2.06. The first-order chi connectivity index (χ1) is 12.2. The van der Waals surface area contributed by atoms with E-state index in [-0.39, 0.29) is 19.0 Å². The number of carbonyl (C=O) groups excluding carboxylic acids is 1. The fourth-order valence-corrected chi connectivity index (χ4v) is 1.83. The summed E-state index contributed by atoms with van der Waals surface area (Å²) in [5.41, 5.74) is 0. The number of rotatable bonds is 13. The zero-order valence-corrected chi connectivity index (χ0v) is 15.3. The van der Waals surface area contributed by atoms with Gasteiger partial charge in [-0.25, -0.2) is 0 Å². The topological polar surface area (TPSA) is 66.8 Å². The van der Waals surface area contributed by atoms with E-state index in [0.29, 0.717) is 12.8 Å². The van der Waals surface area contributed by atoms with Gasteiger partial charge in [-0.05, 0) is 31.8 Å². The molecule has 4 nitrogen and oxygen atoms in total. The Morgan fingerprint density at radius 2 is 2.00 bits per heavy atom. The van der Waals surface area contributed by atoms with E-state index < -0.39 is 12.7 Å². The van der Waals surface area contributed by atoms with Crippen LogP contribution < -0.4 is 0 Å². The van der Waals surface area contributed by atoms with E-state index in [1.54, 1.807) is 6.08 Å². The molecule has 4 heteroatoms. The van der Waals surface area contributed by atoms with Crippen LogP contribution in [0.15, 0.2) is 36.5 Å². The minimum absolute atomic E-state index is 0.163. The fourth-order valence-electron chi connectivity index (χ4n) is 1.83. The number of ether oxygens (including phenoxy) is 1. The van der Waals surface area contributed by atoms with Crippen molar-refractivity contribution in [3.05, 3.63) is 36.5 Å². The lowest BCUT2D eigenvalue weighted by Crippen LogP contribution is -2.21. The average molecular weight is 348 g/mol. The number of hydrogen-bond donors (Lipinski definition) is 2. The first-order valence-corrected chi connectivity index (χ1v) is 9.10. The summed E-state index contributed by atoms with van der Waals surface area (Å²) in [6, 6.07) is 0. The molecule has 0 aliphatic rings. The Morgan fingerprint density at radius 3 is 2.76 bits per heavy atom. The van der Waals surface area contributed by atoms with Crippen molar-refractivity contribution >= 4 is 5.97 Å². The minimum atomic E-state index is -1.00. The minimum Gasteiger partial charge on any atom is -0.463 e. The third-order valence-corrected chi connectivity index (χ3v) is 3.27. The van der Waals surface area contributed by atoms with Crippen LogP contribution in [0.2, 0.25) is 0 Å². The maximum Gasteiger partial charge on any atom is 0.305 e. The largest absolute Gasteiger partial charge is 0.463 e. The highest BCUT2D eigenvalue weighted by Crippen LogP contribution is 2.00. The predicted molar refractivity (Wildman–Crippen MR) is 102 cm³/mol. The van der Waals surface area contributed by atoms with Gasteiger partial charge in [0, 0.05) is 12.8 Å². The van der Waals surface area contributed by atoms with Crippen LogP contribution in [0.25, 0.3) is 0 Å². The monoisotopic (exact) mass is 348 g/mol. The van der Waals surface area contributed by atoms with Gasteiger partial charge in [-0.3, -0.25) is 4.79 Å². The second-order valence-corrected chi connectivity index (χ2v) is 5.68. The molecule has 0 aromatic rings. The van der Waals surface area contributed by atoms with Crippen molar-refractivity contribution < 1.29 is 19.7 Å². The van der Waals surface area contributed by atoms with Crippen molar-refractivity contribution in [3.63, 3.8) is 0 Å². The molecule has 1 unspecified atom stereocenters. The highest BCUT2D eigenvalue weighted by molar-refractivity contribution is 5.69. The van der Waals surface area contributed by atoms with Gasteiger partial charge in [0.05, 0.1) is 6.61 Å². The summed E-state index contributed by atoms with van der Waals surface area (Å²) in [5.74, 6) is 5.51. The maximum absolute atomic E-state index is 11.3. The van der Waals surface area contributed by atoms with Crippen molar-refractivity contribution in [3.8, 4) is 11.8 Å². The van der Waals surface area contributed by atoms with Crippen LogP contribution in [0.5, 0.6) is 0 Å². The van der Waals surface area contributed by atoms with Crippen LogP contribution in [0.3, 0.4) is 0 Å². The summed E-state index contributed by atoms with van der Waals surface area (Å²) in [4.78, 5) is 11.3. The van der Waals surface area contributed by atoms with E-state index in [4.69, 9.17) is 14.9 Å². The molecule has 0 aliphatic heterocycles. The van der Waals surface area contributed by atoms with Crippen molar-refractivity contribution in [1.82, 2.24) is 0 Å². The molecule has 0 aromatic carbocycles. The lowest BCUT2D eigenvalue weighted by molar-refractivity contribution is -0.147. The Hall–Kier alpha value is -1.83. The van der Waals surface area contributed by atoms with Crippen LogP contribution in [0.4, 0.5) is 0 Å². The lowest BCUT2D eigenvalue weighted by atomic mass is 10.2. The van der Waals surface area contributed by atoms with Crippen molar-refractivity contribution in [2.45, 2.75) is 64.4 Å². The van der Waals surface area contributed by atoms with E-state index in [9.17, 15) is 4.79 Å². The molecule has 0 radical (unpaired) electrons. The molecule has 0 fully saturated rings. The summed E-state index contributed by atoms with van der Waals surface area (Å²) in [7, 11) is 0. The summed E-state index contributed by atoms with van der Waals surface area (Å²) >= 11 is 0. The summed E-state index contributed by atoms with van der Waals surface area (Å²) < 4.78 is 4.79. The molecule has 140 valence electrons. The Kier molecular flexibility index (Phi) is 17.2. The molecule has 0 saturated heterocycles. The number of aliphatic hydroxyl groups excluding tert-OH is 2. The first-order valence-electron chi connectivity index (χ1n) is 9.10. The molecule has 0 spiro atoms. The number of hydrogen-bond acceptors (Lipinski definition) is 4.